The summed E-state index contributed by atoms with van der Waals surface area (Å²) in [5.74, 6) is -1.34. The first-order valence-corrected chi connectivity index (χ1v) is 7.25. The summed E-state index contributed by atoms with van der Waals surface area (Å²) in [6.07, 6.45) is 0.593. The van der Waals surface area contributed by atoms with E-state index in [1.807, 2.05) is 0 Å². The average molecular weight is 334 g/mol. The van der Waals surface area contributed by atoms with Crippen LogP contribution in [0.1, 0.15) is 5.56 Å². The van der Waals surface area contributed by atoms with Gasteiger partial charge >= 0.3 is 5.97 Å². The lowest BCUT2D eigenvalue weighted by atomic mass is 10.1. The first-order chi connectivity index (χ1) is 11.4. The zero-order valence-corrected chi connectivity index (χ0v) is 12.8. The monoisotopic (exact) mass is 334 g/mol. The number of ether oxygens (including phenoxy) is 1. The fraction of sp³-hybridized carbons (Fsp3) is 0.333. The van der Waals surface area contributed by atoms with Crippen molar-refractivity contribution in [2.45, 2.75) is 18.7 Å². The molecule has 1 aliphatic rings. The molecule has 9 nitrogen and oxygen atoms in total. The second-order valence-corrected chi connectivity index (χ2v) is 5.17. The third-order valence-electron chi connectivity index (χ3n) is 3.22. The van der Waals surface area contributed by atoms with Gasteiger partial charge in [-0.2, -0.15) is 0 Å². The van der Waals surface area contributed by atoms with Crippen molar-refractivity contribution in [2.75, 3.05) is 13.1 Å². The fourth-order valence-electron chi connectivity index (χ4n) is 1.97. The van der Waals surface area contributed by atoms with Crippen molar-refractivity contribution >= 4 is 24.0 Å². The molecule has 1 aromatic rings. The first kappa shape index (κ1) is 17.4. The molecular weight excluding hydrogens is 316 g/mol. The van der Waals surface area contributed by atoms with E-state index in [2.05, 4.69) is 15.6 Å². The largest absolute Gasteiger partial charge is 0.508 e. The van der Waals surface area contributed by atoms with Crippen LogP contribution in [0, 0.1) is 0 Å². The van der Waals surface area contributed by atoms with Crippen molar-refractivity contribution in [3.8, 4) is 5.75 Å². The Hall–Kier alpha value is -2.94. The Morgan fingerprint density at radius 1 is 1.29 bits per heavy atom. The molecule has 0 bridgehead atoms. The summed E-state index contributed by atoms with van der Waals surface area (Å²) >= 11 is 0. The Bertz CT molecular complexity index is 644. The van der Waals surface area contributed by atoms with E-state index >= 15 is 0 Å². The van der Waals surface area contributed by atoms with Gasteiger partial charge in [0.1, 0.15) is 12.0 Å². The number of esters is 1. The number of benzene rings is 1. The highest BCUT2D eigenvalue weighted by atomic mass is 16.6. The second-order valence-electron chi connectivity index (χ2n) is 5.17. The molecule has 2 rings (SSSR count). The van der Waals surface area contributed by atoms with Gasteiger partial charge in [0.2, 0.25) is 18.0 Å². The van der Waals surface area contributed by atoms with Crippen LogP contribution in [-0.2, 0) is 25.5 Å². The summed E-state index contributed by atoms with van der Waals surface area (Å²) in [4.78, 5) is 38.0. The molecule has 128 valence electrons. The van der Waals surface area contributed by atoms with Crippen molar-refractivity contribution in [3.05, 3.63) is 29.8 Å². The van der Waals surface area contributed by atoms with Crippen molar-refractivity contribution in [2.24, 2.45) is 10.7 Å². The Morgan fingerprint density at radius 3 is 2.62 bits per heavy atom. The first-order valence-electron chi connectivity index (χ1n) is 7.25. The number of cyclic esters (lactones) is 1. The summed E-state index contributed by atoms with van der Waals surface area (Å²) in [5, 5.41) is 14.1. The van der Waals surface area contributed by atoms with Crippen molar-refractivity contribution in [1.29, 1.82) is 0 Å². The number of phenolic OH excluding ortho intramolecular Hbond substituents is 1. The lowest BCUT2D eigenvalue weighted by Gasteiger charge is -2.13. The number of carbonyl (C=O) groups is 3. The van der Waals surface area contributed by atoms with Gasteiger partial charge < -0.3 is 26.2 Å². The van der Waals surface area contributed by atoms with E-state index in [1.165, 1.54) is 12.1 Å². The van der Waals surface area contributed by atoms with Crippen LogP contribution in [0.5, 0.6) is 5.75 Å². The minimum atomic E-state index is -0.817. The molecule has 1 aliphatic heterocycles. The number of carbonyl (C=O) groups excluding carboxylic acids is 3. The van der Waals surface area contributed by atoms with Gasteiger partial charge in [-0.25, -0.2) is 9.79 Å². The summed E-state index contributed by atoms with van der Waals surface area (Å²) in [7, 11) is 0. The van der Waals surface area contributed by atoms with Crippen molar-refractivity contribution < 1.29 is 24.2 Å². The quantitative estimate of drug-likeness (QED) is 0.444. The van der Waals surface area contributed by atoms with Crippen molar-refractivity contribution in [1.82, 2.24) is 10.6 Å². The number of amides is 2. The lowest BCUT2D eigenvalue weighted by molar-refractivity contribution is -0.137. The van der Waals surface area contributed by atoms with Crippen LogP contribution in [0.3, 0.4) is 0 Å². The smallest absolute Gasteiger partial charge is 0.351 e. The Labute approximate surface area is 137 Å². The number of nitrogens with one attached hydrogen (secondary N) is 2. The van der Waals surface area contributed by atoms with Crippen LogP contribution in [0.4, 0.5) is 0 Å². The number of nitrogens with zero attached hydrogens (tertiary/aromatic N) is 1. The van der Waals surface area contributed by atoms with Gasteiger partial charge in [-0.15, -0.1) is 0 Å². The third-order valence-corrected chi connectivity index (χ3v) is 3.22. The van der Waals surface area contributed by atoms with E-state index in [1.54, 1.807) is 12.1 Å². The summed E-state index contributed by atoms with van der Waals surface area (Å²) < 4.78 is 4.75. The topological polar surface area (TPSA) is 143 Å². The summed E-state index contributed by atoms with van der Waals surface area (Å²) in [6.45, 7) is -0.205. The number of rotatable bonds is 7. The van der Waals surface area contributed by atoms with Gasteiger partial charge in [0.05, 0.1) is 19.1 Å². The minimum absolute atomic E-state index is 0.0382. The molecule has 0 fully saturated rings. The van der Waals surface area contributed by atoms with Crippen LogP contribution in [0.15, 0.2) is 29.3 Å². The number of hydrogen-bond donors (Lipinski definition) is 4. The Kier molecular flexibility index (Phi) is 5.85. The molecule has 0 aliphatic carbocycles. The lowest BCUT2D eigenvalue weighted by Crippen LogP contribution is -2.46. The Balaban J connectivity index is 1.67. The van der Waals surface area contributed by atoms with Gasteiger partial charge in [0.25, 0.3) is 0 Å². The number of hydrogen-bond acceptors (Lipinski definition) is 7. The highest BCUT2D eigenvalue weighted by Gasteiger charge is 2.19. The van der Waals surface area contributed by atoms with Crippen LogP contribution < -0.4 is 16.4 Å². The normalized spacial score (nSPS) is 17.2. The van der Waals surface area contributed by atoms with Gasteiger partial charge in [0.15, 0.2) is 0 Å². The van der Waals surface area contributed by atoms with E-state index in [-0.39, 0.29) is 25.3 Å². The van der Waals surface area contributed by atoms with E-state index in [4.69, 9.17) is 10.5 Å². The van der Waals surface area contributed by atoms with Gasteiger partial charge in [0, 0.05) is 0 Å². The molecule has 0 saturated carbocycles. The predicted molar refractivity (Wildman–Crippen MR) is 84.2 cm³/mol. The van der Waals surface area contributed by atoms with Crippen LogP contribution in [-0.4, -0.2) is 54.5 Å². The maximum Gasteiger partial charge on any atom is 0.351 e. The molecule has 1 aromatic carbocycles. The van der Waals surface area contributed by atoms with E-state index in [0.29, 0.717) is 0 Å². The molecule has 1 unspecified atom stereocenters. The molecule has 24 heavy (non-hydrogen) atoms. The standard InChI is InChI=1S/C15H18N4O5/c16-11(5-9-1-3-10(20)4-2-9)15(23)19-6-12(21)17-7-13-18-8-14(22)24-13/h1-4,8,11,13,20H,5-7,16H2,(H,17,21)(H,19,23)/t11-,13?/m0/s1. The van der Waals surface area contributed by atoms with Gasteiger partial charge in [-0.3, -0.25) is 9.59 Å². The van der Waals surface area contributed by atoms with E-state index in [9.17, 15) is 19.5 Å². The molecule has 0 aromatic heterocycles. The van der Waals surface area contributed by atoms with E-state index < -0.39 is 30.1 Å². The maximum atomic E-state index is 11.9. The van der Waals surface area contributed by atoms with Gasteiger partial charge in [-0.05, 0) is 24.1 Å². The van der Waals surface area contributed by atoms with E-state index in [0.717, 1.165) is 11.8 Å². The van der Waals surface area contributed by atoms with Crippen LogP contribution in [0.25, 0.3) is 0 Å². The Morgan fingerprint density at radius 2 is 2.00 bits per heavy atom. The molecule has 0 saturated heterocycles. The number of phenols is 1. The zero-order valence-electron chi connectivity index (χ0n) is 12.8. The summed E-state index contributed by atoms with van der Waals surface area (Å²) in [5.41, 5.74) is 6.57. The highest BCUT2D eigenvalue weighted by Crippen LogP contribution is 2.10. The predicted octanol–water partition coefficient (Wildman–Crippen LogP) is -1.55. The molecule has 2 amide bonds. The molecule has 1 heterocycles. The SMILES string of the molecule is N[C@@H](Cc1ccc(O)cc1)C(=O)NCC(=O)NCC1N=CC(=O)O1. The molecular formula is C15H18N4O5. The number of nitrogens with two attached hydrogens (primary N) is 1. The van der Waals surface area contributed by atoms with Crippen molar-refractivity contribution in [3.63, 3.8) is 0 Å². The van der Waals surface area contributed by atoms with Gasteiger partial charge in [-0.1, -0.05) is 12.1 Å². The number of aliphatic imine (C=N–C) groups is 1. The highest BCUT2D eigenvalue weighted by molar-refractivity contribution is 6.24. The molecule has 5 N–H and O–H groups in total. The number of aromatic hydroxyl groups is 1. The third kappa shape index (κ3) is 5.36. The maximum absolute atomic E-state index is 11.9. The molecule has 9 heteroatoms. The molecule has 0 radical (unpaired) electrons. The van der Waals surface area contributed by atoms with Crippen LogP contribution >= 0.6 is 0 Å². The van der Waals surface area contributed by atoms with Crippen LogP contribution in [0.2, 0.25) is 0 Å². The fourth-order valence-corrected chi connectivity index (χ4v) is 1.97. The zero-order chi connectivity index (χ0) is 17.5. The molecule has 0 spiro atoms. The minimum Gasteiger partial charge on any atom is -0.508 e. The molecule has 2 atom stereocenters. The summed E-state index contributed by atoms with van der Waals surface area (Å²) in [6, 6.07) is 5.52. The average Bonchev–Trinajstić information content (AvgIpc) is 2.98. The second kappa shape index (κ2) is 8.06.